The van der Waals surface area contributed by atoms with Gasteiger partial charge in [-0.1, -0.05) is 341 Å². The molecule has 0 saturated heterocycles. The first-order chi connectivity index (χ1) is 38.0. The number of aliphatic hydroxyl groups excluding tert-OH is 1. The fraction of sp³-hybridized carbons (Fsp3) is 0.957. The smallest absolute Gasteiger partial charge is 0.268 e. The molecule has 78 heavy (non-hydrogen) atoms. The molecular weight excluding hydrogens is 984 g/mol. The molecule has 0 aliphatic heterocycles. The van der Waals surface area contributed by atoms with E-state index >= 15 is 0 Å². The lowest BCUT2D eigenvalue weighted by Crippen LogP contribution is -2.46. The fourth-order valence-electron chi connectivity index (χ4n) is 11.0. The Morgan fingerprint density at radius 3 is 1.00 bits per heavy atom. The Kier molecular flexibility index (Phi) is 60.2. The predicted molar refractivity (Wildman–Crippen MR) is 339 cm³/mol. The summed E-state index contributed by atoms with van der Waals surface area (Å²) in [7, 11) is 1.33. The molecule has 0 aromatic carbocycles. The predicted octanol–water partition coefficient (Wildman–Crippen LogP) is 21.5. The summed E-state index contributed by atoms with van der Waals surface area (Å²) >= 11 is 0. The molecule has 9 heteroatoms. The van der Waals surface area contributed by atoms with Crippen molar-refractivity contribution in [2.24, 2.45) is 0 Å². The van der Waals surface area contributed by atoms with Gasteiger partial charge in [0.1, 0.15) is 13.2 Å². The minimum absolute atomic E-state index is 0.0156. The quantitative estimate of drug-likeness (QED) is 0.0272. The number of allylic oxidation sites excluding steroid dienone is 2. The molecule has 0 aliphatic rings. The fourth-order valence-corrected chi connectivity index (χ4v) is 11.8. The minimum Gasteiger partial charge on any atom is -0.756 e. The van der Waals surface area contributed by atoms with E-state index in [0.717, 1.165) is 38.5 Å². The number of phosphoric ester groups is 1. The Morgan fingerprint density at radius 2 is 0.705 bits per heavy atom. The Balaban J connectivity index is 4.00. The largest absolute Gasteiger partial charge is 0.756 e. The number of unbranched alkanes of at least 4 members (excludes halogenated alkanes) is 51. The van der Waals surface area contributed by atoms with Crippen LogP contribution < -0.4 is 10.2 Å². The number of carbonyl (C=O) groups excluding carboxylic acids is 1. The summed E-state index contributed by atoms with van der Waals surface area (Å²) in [4.78, 5) is 25.7. The van der Waals surface area contributed by atoms with Crippen molar-refractivity contribution in [1.29, 1.82) is 0 Å². The number of quaternary nitrogens is 1. The van der Waals surface area contributed by atoms with Gasteiger partial charge in [-0.05, 0) is 38.5 Å². The van der Waals surface area contributed by atoms with Crippen molar-refractivity contribution >= 4 is 13.7 Å². The van der Waals surface area contributed by atoms with Crippen LogP contribution in [0.5, 0.6) is 0 Å². The van der Waals surface area contributed by atoms with Crippen molar-refractivity contribution in [3.63, 3.8) is 0 Å². The molecule has 0 radical (unpaired) electrons. The number of nitrogens with zero attached hydrogens (tertiary/aromatic N) is 1. The van der Waals surface area contributed by atoms with Gasteiger partial charge in [-0.25, -0.2) is 0 Å². The highest BCUT2D eigenvalue weighted by molar-refractivity contribution is 7.45. The highest BCUT2D eigenvalue weighted by atomic mass is 31.2. The van der Waals surface area contributed by atoms with Crippen LogP contribution >= 0.6 is 7.82 Å². The van der Waals surface area contributed by atoms with E-state index < -0.39 is 20.0 Å². The second kappa shape index (κ2) is 60.8. The maximum atomic E-state index is 13.1. The molecule has 0 bridgehead atoms. The van der Waals surface area contributed by atoms with E-state index in [2.05, 4.69) is 31.3 Å². The lowest BCUT2D eigenvalue weighted by atomic mass is 10.0. The van der Waals surface area contributed by atoms with Crippen LogP contribution in [0.2, 0.25) is 0 Å². The van der Waals surface area contributed by atoms with Gasteiger partial charge in [0.15, 0.2) is 0 Å². The van der Waals surface area contributed by atoms with Gasteiger partial charge in [-0.2, -0.15) is 0 Å². The number of carbonyl (C=O) groups is 1. The zero-order valence-corrected chi connectivity index (χ0v) is 54.3. The lowest BCUT2D eigenvalue weighted by molar-refractivity contribution is -0.870. The Morgan fingerprint density at radius 1 is 0.436 bits per heavy atom. The Hall–Kier alpha value is -0.760. The zero-order valence-electron chi connectivity index (χ0n) is 53.4. The number of hydrogen-bond donors (Lipinski definition) is 2. The molecule has 0 spiro atoms. The molecular formula is C69H139N2O6P. The number of amides is 1. The van der Waals surface area contributed by atoms with Gasteiger partial charge >= 0.3 is 0 Å². The van der Waals surface area contributed by atoms with Crippen LogP contribution in [0.25, 0.3) is 0 Å². The summed E-state index contributed by atoms with van der Waals surface area (Å²) in [6.07, 6.45) is 77.2. The summed E-state index contributed by atoms with van der Waals surface area (Å²) in [6, 6.07) is -0.799. The number of rotatable bonds is 66. The lowest BCUT2D eigenvalue weighted by Gasteiger charge is -2.30. The number of aliphatic hydroxyl groups is 1. The maximum absolute atomic E-state index is 13.1. The van der Waals surface area contributed by atoms with Crippen molar-refractivity contribution in [3.8, 4) is 0 Å². The van der Waals surface area contributed by atoms with Crippen LogP contribution in [-0.2, 0) is 18.4 Å². The Bertz CT molecular complexity index is 1280. The van der Waals surface area contributed by atoms with Crippen molar-refractivity contribution in [1.82, 2.24) is 5.32 Å². The third-order valence-corrected chi connectivity index (χ3v) is 17.5. The number of hydrogen-bond acceptors (Lipinski definition) is 6. The summed E-state index contributed by atoms with van der Waals surface area (Å²) in [6.45, 7) is 4.79. The summed E-state index contributed by atoms with van der Waals surface area (Å²) in [5, 5.41) is 14.1. The summed E-state index contributed by atoms with van der Waals surface area (Å²) < 4.78 is 23.5. The summed E-state index contributed by atoms with van der Waals surface area (Å²) in [5.74, 6) is -0.156. The van der Waals surface area contributed by atoms with Gasteiger partial charge < -0.3 is 28.8 Å². The highest BCUT2D eigenvalue weighted by Crippen LogP contribution is 2.38. The molecule has 0 heterocycles. The van der Waals surface area contributed by atoms with E-state index in [4.69, 9.17) is 9.05 Å². The topological polar surface area (TPSA) is 108 Å². The van der Waals surface area contributed by atoms with E-state index in [1.807, 2.05) is 21.1 Å². The molecule has 0 saturated carbocycles. The first-order valence-electron chi connectivity index (χ1n) is 35.0. The van der Waals surface area contributed by atoms with Crippen LogP contribution in [0.4, 0.5) is 0 Å². The normalized spacial score (nSPS) is 13.7. The van der Waals surface area contributed by atoms with Crippen molar-refractivity contribution < 1.29 is 32.9 Å². The molecule has 8 nitrogen and oxygen atoms in total. The summed E-state index contributed by atoms with van der Waals surface area (Å²) in [5.41, 5.74) is 0. The van der Waals surface area contributed by atoms with Gasteiger partial charge in [-0.3, -0.25) is 9.36 Å². The Labute approximate surface area is 488 Å². The van der Waals surface area contributed by atoms with Gasteiger partial charge in [-0.15, -0.1) is 0 Å². The second-order valence-electron chi connectivity index (χ2n) is 25.6. The van der Waals surface area contributed by atoms with Crippen molar-refractivity contribution in [2.75, 3.05) is 40.9 Å². The van der Waals surface area contributed by atoms with Crippen LogP contribution in [0.3, 0.4) is 0 Å². The first-order valence-corrected chi connectivity index (χ1v) is 36.5. The molecule has 0 fully saturated rings. The third-order valence-electron chi connectivity index (χ3n) is 16.5. The van der Waals surface area contributed by atoms with E-state index in [0.29, 0.717) is 23.9 Å². The molecule has 466 valence electrons. The van der Waals surface area contributed by atoms with Crippen molar-refractivity contribution in [3.05, 3.63) is 12.2 Å². The molecule has 3 atom stereocenters. The number of nitrogens with one attached hydrogen (secondary N) is 1. The monoisotopic (exact) mass is 1120 g/mol. The second-order valence-corrected chi connectivity index (χ2v) is 27.0. The SMILES string of the molecule is CCCCCCCCCCCCCC/C=C\CCCCCCCCCCCCCCCCCC(=O)NC(COP(=O)([O-])OCC[N+](C)(C)C)C(O)CCCCCCCCCCCCCCCCCCCCCCCCCCC. The molecule has 1 amide bonds. The van der Waals surface area contributed by atoms with E-state index in [1.165, 1.54) is 308 Å². The number of likely N-dealkylation sites (N-methyl/N-ethyl adjacent to an activating group) is 1. The van der Waals surface area contributed by atoms with Crippen LogP contribution in [-0.4, -0.2) is 68.5 Å². The standard InChI is InChI=1S/C69H139N2O6P/c1-6-8-10-12-14-16-18-20-22-24-26-28-30-32-33-34-35-36-37-39-41-43-45-47-49-51-53-55-57-59-61-63-69(73)70-67(66-77-78(74,75)76-65-64-71(3,4)5)68(72)62-60-58-56-54-52-50-48-46-44-42-40-38-31-29-27-25-23-21-19-17-15-13-11-9-7-2/h32-33,67-68,72H,6-31,34-66H2,1-5H3,(H-,70,73,74,75)/b33-32-. The minimum atomic E-state index is -4.58. The van der Waals surface area contributed by atoms with E-state index in [9.17, 15) is 19.4 Å². The molecule has 0 aromatic heterocycles. The molecule has 0 aliphatic carbocycles. The van der Waals surface area contributed by atoms with Crippen LogP contribution in [0.15, 0.2) is 12.2 Å². The van der Waals surface area contributed by atoms with Gasteiger partial charge in [0.2, 0.25) is 5.91 Å². The average Bonchev–Trinajstić information content (AvgIpc) is 3.41. The van der Waals surface area contributed by atoms with Crippen molar-refractivity contribution in [2.45, 2.75) is 386 Å². The van der Waals surface area contributed by atoms with Gasteiger partial charge in [0.25, 0.3) is 7.82 Å². The number of phosphoric acid groups is 1. The van der Waals surface area contributed by atoms with Crippen LogP contribution in [0.1, 0.15) is 373 Å². The van der Waals surface area contributed by atoms with E-state index in [1.54, 1.807) is 0 Å². The molecule has 0 rings (SSSR count). The third kappa shape index (κ3) is 62.8. The average molecular weight is 1120 g/mol. The van der Waals surface area contributed by atoms with Gasteiger partial charge in [0, 0.05) is 6.42 Å². The highest BCUT2D eigenvalue weighted by Gasteiger charge is 2.24. The van der Waals surface area contributed by atoms with Gasteiger partial charge in [0.05, 0.1) is 39.9 Å². The molecule has 0 aromatic rings. The zero-order chi connectivity index (χ0) is 57.0. The van der Waals surface area contributed by atoms with E-state index in [-0.39, 0.29) is 19.1 Å². The molecule has 2 N–H and O–H groups in total. The molecule has 3 unspecified atom stereocenters. The first kappa shape index (κ1) is 77.2. The van der Waals surface area contributed by atoms with Crippen LogP contribution in [0, 0.1) is 0 Å². The maximum Gasteiger partial charge on any atom is 0.268 e.